The van der Waals surface area contributed by atoms with Crippen LogP contribution < -0.4 is 10.2 Å². The van der Waals surface area contributed by atoms with Crippen molar-refractivity contribution < 1.29 is 55.4 Å². The van der Waals surface area contributed by atoms with Crippen molar-refractivity contribution >= 4 is 11.9 Å². The Bertz CT molecular complexity index is 70.6. The van der Waals surface area contributed by atoms with Gasteiger partial charge < -0.3 is 19.8 Å². The number of hydrogen-bond acceptors (Lipinski definition) is 4. The van der Waals surface area contributed by atoms with Gasteiger partial charge in [0.25, 0.3) is 0 Å². The summed E-state index contributed by atoms with van der Waals surface area (Å²) in [6.07, 6.45) is 0. The molecular formula is C4H6LaO4. The third-order valence-electron chi connectivity index (χ3n) is 0. The Labute approximate surface area is 80.9 Å². The van der Waals surface area contributed by atoms with Gasteiger partial charge >= 0.3 is 35.6 Å². The Morgan fingerprint density at radius 2 is 1.00 bits per heavy atom. The molecule has 0 aliphatic rings. The summed E-state index contributed by atoms with van der Waals surface area (Å²) in [7, 11) is 0. The molecular weight excluding hydrogens is 251 g/mol. The summed E-state index contributed by atoms with van der Waals surface area (Å²) < 4.78 is 0. The van der Waals surface area contributed by atoms with Crippen molar-refractivity contribution in [3.8, 4) is 0 Å². The summed E-state index contributed by atoms with van der Waals surface area (Å²) in [5, 5.41) is 17.8. The molecule has 0 aromatic carbocycles. The van der Waals surface area contributed by atoms with E-state index in [-0.39, 0.29) is 35.6 Å². The molecule has 5 heteroatoms. The van der Waals surface area contributed by atoms with Crippen molar-refractivity contribution in [2.75, 3.05) is 0 Å². The second kappa shape index (κ2) is 11.0. The number of carboxylic acids is 2. The molecule has 0 N–H and O–H groups in total. The zero-order valence-corrected chi connectivity index (χ0v) is 8.84. The first-order chi connectivity index (χ1) is 3.46. The Kier molecular flexibility index (Phi) is 19.6. The van der Waals surface area contributed by atoms with Gasteiger partial charge in [-0.25, -0.2) is 0 Å². The van der Waals surface area contributed by atoms with Gasteiger partial charge in [0.15, 0.2) is 0 Å². The van der Waals surface area contributed by atoms with Crippen molar-refractivity contribution in [2.45, 2.75) is 13.8 Å². The van der Waals surface area contributed by atoms with E-state index in [9.17, 15) is 0 Å². The first-order valence-corrected chi connectivity index (χ1v) is 1.82. The normalized spacial score (nSPS) is 5.56. The fraction of sp³-hybridized carbons (Fsp3) is 0.500. The average molecular weight is 257 g/mol. The van der Waals surface area contributed by atoms with Crippen molar-refractivity contribution in [1.29, 1.82) is 0 Å². The van der Waals surface area contributed by atoms with E-state index in [2.05, 4.69) is 0 Å². The Morgan fingerprint density at radius 3 is 1.00 bits per heavy atom. The van der Waals surface area contributed by atoms with Gasteiger partial charge in [-0.05, 0) is 13.8 Å². The van der Waals surface area contributed by atoms with Crippen LogP contribution in [0.25, 0.3) is 0 Å². The van der Waals surface area contributed by atoms with E-state index in [4.69, 9.17) is 19.8 Å². The zero-order chi connectivity index (χ0) is 7.15. The van der Waals surface area contributed by atoms with Gasteiger partial charge in [-0.1, -0.05) is 0 Å². The third-order valence-corrected chi connectivity index (χ3v) is 0. The van der Waals surface area contributed by atoms with E-state index in [0.29, 0.717) is 0 Å². The molecule has 49 valence electrons. The second-order valence-corrected chi connectivity index (χ2v) is 0.983. The monoisotopic (exact) mass is 257 g/mol. The standard InChI is InChI=1S/2C2H4O2.La/c2*1-2(3)4;/h2*1H3,(H,3,4);/q;;+2/p-2. The van der Waals surface area contributed by atoms with E-state index < -0.39 is 11.9 Å². The maximum Gasteiger partial charge on any atom is 2.00 e. The first kappa shape index (κ1) is 16.1. The molecule has 0 aliphatic heterocycles. The number of rotatable bonds is 0. The minimum Gasteiger partial charge on any atom is -0.550 e. The number of hydrogen-bond donors (Lipinski definition) is 0. The quantitative estimate of drug-likeness (QED) is 0.481. The molecule has 0 fully saturated rings. The summed E-state index contributed by atoms with van der Waals surface area (Å²) in [6.45, 7) is 1.94. The molecule has 1 radical (unpaired) electrons. The van der Waals surface area contributed by atoms with Gasteiger partial charge in [0.2, 0.25) is 0 Å². The van der Waals surface area contributed by atoms with Crippen molar-refractivity contribution in [3.05, 3.63) is 0 Å². The number of carboxylic acid groups (broad SMARTS) is 2. The summed E-state index contributed by atoms with van der Waals surface area (Å²) in [5.74, 6) is -2.17. The molecule has 0 aliphatic carbocycles. The summed E-state index contributed by atoms with van der Waals surface area (Å²) in [6, 6.07) is 0. The summed E-state index contributed by atoms with van der Waals surface area (Å²) >= 11 is 0. The van der Waals surface area contributed by atoms with Crippen LogP contribution in [0.1, 0.15) is 13.8 Å². The molecule has 0 unspecified atom stereocenters. The third kappa shape index (κ3) is 16800. The molecule has 0 bridgehead atoms. The molecule has 4 nitrogen and oxygen atoms in total. The van der Waals surface area contributed by atoms with E-state index in [1.54, 1.807) is 0 Å². The van der Waals surface area contributed by atoms with Gasteiger partial charge in [-0.3, -0.25) is 0 Å². The minimum atomic E-state index is -1.08. The molecule has 0 spiro atoms. The fourth-order valence-corrected chi connectivity index (χ4v) is 0. The van der Waals surface area contributed by atoms with Crippen LogP contribution in [0.5, 0.6) is 0 Å². The van der Waals surface area contributed by atoms with Crippen LogP contribution in [0.3, 0.4) is 0 Å². The summed E-state index contributed by atoms with van der Waals surface area (Å²) in [4.78, 5) is 17.8. The molecule has 0 saturated carbocycles. The predicted octanol–water partition coefficient (Wildman–Crippen LogP) is -2.49. The van der Waals surface area contributed by atoms with Crippen LogP contribution >= 0.6 is 0 Å². The Hall–Kier alpha value is 0.135. The topological polar surface area (TPSA) is 80.3 Å². The van der Waals surface area contributed by atoms with Gasteiger partial charge in [-0.15, -0.1) is 0 Å². The van der Waals surface area contributed by atoms with Crippen LogP contribution in [0, 0.1) is 35.6 Å². The van der Waals surface area contributed by atoms with E-state index >= 15 is 0 Å². The van der Waals surface area contributed by atoms with Crippen LogP contribution in [0.4, 0.5) is 0 Å². The molecule has 0 saturated heterocycles. The fourth-order valence-electron chi connectivity index (χ4n) is 0. The van der Waals surface area contributed by atoms with E-state index in [0.717, 1.165) is 13.8 Å². The first-order valence-electron chi connectivity index (χ1n) is 1.82. The second-order valence-electron chi connectivity index (χ2n) is 0.983. The van der Waals surface area contributed by atoms with Crippen LogP contribution in [-0.2, 0) is 9.59 Å². The van der Waals surface area contributed by atoms with E-state index in [1.807, 2.05) is 0 Å². The molecule has 0 atom stereocenters. The van der Waals surface area contributed by atoms with Gasteiger partial charge in [0, 0.05) is 11.9 Å². The maximum absolute atomic E-state index is 8.89. The van der Waals surface area contributed by atoms with Gasteiger partial charge in [0.1, 0.15) is 0 Å². The largest absolute Gasteiger partial charge is 2.00 e. The van der Waals surface area contributed by atoms with Crippen LogP contribution in [0.2, 0.25) is 0 Å². The maximum atomic E-state index is 8.89. The van der Waals surface area contributed by atoms with Crippen LogP contribution in [-0.4, -0.2) is 11.9 Å². The van der Waals surface area contributed by atoms with Gasteiger partial charge in [0.05, 0.1) is 0 Å². The molecule has 0 aromatic rings. The SMILES string of the molecule is CC(=O)[O-].CC(=O)[O-].[La+2]. The zero-order valence-electron chi connectivity index (χ0n) is 5.21. The number of aliphatic carboxylic acids is 2. The molecule has 0 heterocycles. The number of carbonyl (C=O) groups excluding carboxylic acids is 2. The van der Waals surface area contributed by atoms with E-state index in [1.165, 1.54) is 0 Å². The average Bonchev–Trinajstić information content (AvgIpc) is 1.25. The molecule has 0 aromatic heterocycles. The molecule has 0 rings (SSSR count). The van der Waals surface area contributed by atoms with Crippen LogP contribution in [0.15, 0.2) is 0 Å². The van der Waals surface area contributed by atoms with Crippen molar-refractivity contribution in [3.63, 3.8) is 0 Å². The smallest absolute Gasteiger partial charge is 0.550 e. The summed E-state index contributed by atoms with van der Waals surface area (Å²) in [5.41, 5.74) is 0. The van der Waals surface area contributed by atoms with Gasteiger partial charge in [-0.2, -0.15) is 0 Å². The van der Waals surface area contributed by atoms with Crippen molar-refractivity contribution in [2.24, 2.45) is 0 Å². The molecule has 9 heavy (non-hydrogen) atoms. The minimum absolute atomic E-state index is 0. The Balaban J connectivity index is -0.0000000720. The number of carbonyl (C=O) groups is 2. The Morgan fingerprint density at radius 1 is 1.00 bits per heavy atom. The molecule has 0 amide bonds. The predicted molar refractivity (Wildman–Crippen MR) is 21.4 cm³/mol. The van der Waals surface area contributed by atoms with Crippen molar-refractivity contribution in [1.82, 2.24) is 0 Å².